The van der Waals surface area contributed by atoms with Gasteiger partial charge in [0.1, 0.15) is 17.6 Å². The first-order valence-electron chi connectivity index (χ1n) is 6.65. The van der Waals surface area contributed by atoms with E-state index in [0.717, 1.165) is 3.57 Å². The Morgan fingerprint density at radius 1 is 1.59 bits per heavy atom. The summed E-state index contributed by atoms with van der Waals surface area (Å²) in [4.78, 5) is 4.10. The fourth-order valence-electron chi connectivity index (χ4n) is 1.31. The average Bonchev–Trinajstić information content (AvgIpc) is 2.36. The van der Waals surface area contributed by atoms with Crippen LogP contribution >= 0.6 is 34.2 Å². The summed E-state index contributed by atoms with van der Waals surface area (Å²) in [6.07, 6.45) is -0.697. The van der Waals surface area contributed by atoms with Gasteiger partial charge in [0.05, 0.1) is 25.8 Å². The molecule has 0 bridgehead atoms. The van der Waals surface area contributed by atoms with Crippen molar-refractivity contribution >= 4 is 50.9 Å². The Balaban J connectivity index is 2.85. The molecule has 0 spiro atoms. The van der Waals surface area contributed by atoms with Gasteiger partial charge in [0.25, 0.3) is 0 Å². The highest BCUT2D eigenvalue weighted by molar-refractivity contribution is 14.1. The van der Waals surface area contributed by atoms with Crippen molar-refractivity contribution in [3.8, 4) is 5.75 Å². The monoisotopic (exact) mass is 458 g/mol. The molecule has 0 amide bonds. The minimum absolute atomic E-state index is 0.174. The molecule has 0 saturated carbocycles. The number of nitrogens with zero attached hydrogens (tertiary/aromatic N) is 2. The summed E-state index contributed by atoms with van der Waals surface area (Å²) in [5.41, 5.74) is 1.10. The molecule has 8 heteroatoms. The van der Waals surface area contributed by atoms with Crippen LogP contribution < -0.4 is 4.74 Å². The van der Waals surface area contributed by atoms with Gasteiger partial charge in [-0.3, -0.25) is 0 Å². The molecule has 0 fully saturated rings. The lowest BCUT2D eigenvalue weighted by atomic mass is 10.2. The zero-order chi connectivity index (χ0) is 17.1. The fourth-order valence-corrected chi connectivity index (χ4v) is 3.07. The standard InChI is InChI=1S/C14H20ClIN2O3S/c1-8(18-22(20)14(3,4)5)7-21-12-10(16)6-11(9(2)19)17-13(12)15/h6,9,19H,7H2,1-5H3. The molecule has 0 aliphatic rings. The van der Waals surface area contributed by atoms with Crippen LogP contribution in [0, 0.1) is 3.57 Å². The second-order valence-electron chi connectivity index (χ2n) is 5.80. The van der Waals surface area contributed by atoms with E-state index < -0.39 is 21.8 Å². The molecule has 5 nitrogen and oxygen atoms in total. The van der Waals surface area contributed by atoms with E-state index in [1.54, 1.807) is 19.9 Å². The molecule has 2 atom stereocenters. The maximum Gasteiger partial charge on any atom is 0.172 e. The minimum atomic E-state index is -1.32. The number of aliphatic hydroxyl groups is 1. The van der Waals surface area contributed by atoms with Gasteiger partial charge in [-0.2, -0.15) is 4.40 Å². The van der Waals surface area contributed by atoms with Crippen molar-refractivity contribution in [2.45, 2.75) is 45.5 Å². The van der Waals surface area contributed by atoms with E-state index in [9.17, 15) is 9.32 Å². The van der Waals surface area contributed by atoms with Crippen molar-refractivity contribution in [2.75, 3.05) is 6.61 Å². The second kappa shape index (κ2) is 8.03. The second-order valence-corrected chi connectivity index (χ2v) is 9.23. The average molecular weight is 459 g/mol. The number of ether oxygens (including phenoxy) is 1. The highest BCUT2D eigenvalue weighted by Crippen LogP contribution is 2.30. The van der Waals surface area contributed by atoms with Crippen LogP contribution in [0.25, 0.3) is 0 Å². The number of hydrogen-bond donors (Lipinski definition) is 1. The van der Waals surface area contributed by atoms with Crippen LogP contribution in [0.5, 0.6) is 5.75 Å². The van der Waals surface area contributed by atoms with Crippen molar-refractivity contribution in [3.63, 3.8) is 0 Å². The number of hydrogen-bond acceptors (Lipinski definition) is 4. The van der Waals surface area contributed by atoms with Crippen molar-refractivity contribution in [1.29, 1.82) is 0 Å². The summed E-state index contributed by atoms with van der Waals surface area (Å²) in [6, 6.07) is 1.71. The molecule has 2 unspecified atom stereocenters. The summed E-state index contributed by atoms with van der Waals surface area (Å²) in [5, 5.41) is 9.73. The molecule has 1 heterocycles. The Labute approximate surface area is 152 Å². The van der Waals surface area contributed by atoms with Gasteiger partial charge in [0.15, 0.2) is 10.9 Å². The first kappa shape index (κ1) is 19.8. The summed E-state index contributed by atoms with van der Waals surface area (Å²) in [7, 11) is -1.32. The molecule has 124 valence electrons. The normalized spacial score (nSPS) is 15.5. The van der Waals surface area contributed by atoms with Crippen molar-refractivity contribution in [1.82, 2.24) is 4.98 Å². The van der Waals surface area contributed by atoms with Crippen LogP contribution in [0.15, 0.2) is 10.5 Å². The van der Waals surface area contributed by atoms with Crippen LogP contribution in [-0.2, 0) is 11.0 Å². The summed E-state index contributed by atoms with van der Waals surface area (Å²) >= 11 is 8.16. The van der Waals surface area contributed by atoms with E-state index in [4.69, 9.17) is 16.3 Å². The third kappa shape index (κ3) is 5.75. The lowest BCUT2D eigenvalue weighted by Crippen LogP contribution is -2.21. The molecular weight excluding hydrogens is 439 g/mol. The topological polar surface area (TPSA) is 71.8 Å². The predicted molar refractivity (Wildman–Crippen MR) is 99.1 cm³/mol. The van der Waals surface area contributed by atoms with Gasteiger partial charge in [-0.1, -0.05) is 11.6 Å². The Morgan fingerprint density at radius 3 is 2.64 bits per heavy atom. The first-order chi connectivity index (χ1) is 10.0. The number of halogens is 2. The van der Waals surface area contributed by atoms with Gasteiger partial charge < -0.3 is 9.84 Å². The molecule has 22 heavy (non-hydrogen) atoms. The summed E-state index contributed by atoms with van der Waals surface area (Å²) < 4.78 is 22.0. The van der Waals surface area contributed by atoms with E-state index in [1.807, 2.05) is 20.8 Å². The number of aromatic nitrogens is 1. The van der Waals surface area contributed by atoms with Crippen LogP contribution in [0.2, 0.25) is 5.15 Å². The van der Waals surface area contributed by atoms with E-state index in [1.165, 1.54) is 0 Å². The fraction of sp³-hybridized carbons (Fsp3) is 0.571. The molecule has 0 aromatic carbocycles. The Morgan fingerprint density at radius 2 is 2.18 bits per heavy atom. The van der Waals surface area contributed by atoms with Crippen molar-refractivity contribution in [3.05, 3.63) is 20.5 Å². The van der Waals surface area contributed by atoms with Crippen LogP contribution in [0.4, 0.5) is 0 Å². The molecule has 1 aromatic heterocycles. The number of rotatable bonds is 5. The molecule has 1 rings (SSSR count). The molecule has 0 aliphatic heterocycles. The number of pyridine rings is 1. The number of aliphatic hydroxyl groups excluding tert-OH is 1. The smallest absolute Gasteiger partial charge is 0.172 e. The molecule has 1 aromatic rings. The van der Waals surface area contributed by atoms with Gasteiger partial charge in [-0.15, -0.1) is 0 Å². The third-order valence-corrected chi connectivity index (χ3v) is 5.10. The van der Waals surface area contributed by atoms with E-state index >= 15 is 0 Å². The third-order valence-electron chi connectivity index (χ3n) is 2.52. The Kier molecular flexibility index (Phi) is 7.22. The van der Waals surface area contributed by atoms with Gasteiger partial charge in [-0.05, 0) is 63.3 Å². The molecule has 0 radical (unpaired) electrons. The van der Waals surface area contributed by atoms with Gasteiger partial charge in [0.2, 0.25) is 0 Å². The Hall–Kier alpha value is -0.250. The zero-order valence-electron chi connectivity index (χ0n) is 13.2. The van der Waals surface area contributed by atoms with Gasteiger partial charge >= 0.3 is 0 Å². The minimum Gasteiger partial charge on any atom is -0.483 e. The lowest BCUT2D eigenvalue weighted by Gasteiger charge is -2.15. The van der Waals surface area contributed by atoms with Gasteiger partial charge in [-0.25, -0.2) is 9.19 Å². The van der Waals surface area contributed by atoms with E-state index in [0.29, 0.717) is 17.2 Å². The zero-order valence-corrected chi connectivity index (χ0v) is 16.9. The molecule has 0 saturated heterocycles. The predicted octanol–water partition coefficient (Wildman–Crippen LogP) is 3.69. The van der Waals surface area contributed by atoms with Crippen LogP contribution in [0.1, 0.15) is 46.4 Å². The SMILES string of the molecule is CC(COc1c(I)cc(C(C)O)nc1Cl)=NS(=O)C(C)(C)C. The highest BCUT2D eigenvalue weighted by atomic mass is 127. The molecule has 1 N–H and O–H groups in total. The molecular formula is C14H20ClIN2O3S. The van der Waals surface area contributed by atoms with Crippen molar-refractivity contribution < 1.29 is 14.1 Å². The highest BCUT2D eigenvalue weighted by Gasteiger charge is 2.19. The summed E-state index contributed by atoms with van der Waals surface area (Å²) in [5.74, 6) is 0.433. The van der Waals surface area contributed by atoms with E-state index in [-0.39, 0.29) is 11.8 Å². The lowest BCUT2D eigenvalue weighted by molar-refractivity contribution is 0.194. The largest absolute Gasteiger partial charge is 0.483 e. The molecule has 0 aliphatic carbocycles. The van der Waals surface area contributed by atoms with E-state index in [2.05, 4.69) is 32.0 Å². The van der Waals surface area contributed by atoms with Crippen molar-refractivity contribution in [2.24, 2.45) is 4.40 Å². The maximum absolute atomic E-state index is 11.9. The summed E-state index contributed by atoms with van der Waals surface area (Å²) in [6.45, 7) is 9.13. The van der Waals surface area contributed by atoms with Crippen LogP contribution in [-0.4, -0.2) is 31.4 Å². The quantitative estimate of drug-likeness (QED) is 0.415. The van der Waals surface area contributed by atoms with Crippen LogP contribution in [0.3, 0.4) is 0 Å². The Bertz CT molecular complexity index is 577. The van der Waals surface area contributed by atoms with Gasteiger partial charge in [0, 0.05) is 0 Å². The maximum atomic E-state index is 11.9. The first-order valence-corrected chi connectivity index (χ1v) is 9.21.